The van der Waals surface area contributed by atoms with Crippen LogP contribution in [0.15, 0.2) is 17.1 Å². The third-order valence-corrected chi connectivity index (χ3v) is 3.14. The first-order valence-electron chi connectivity index (χ1n) is 5.63. The maximum absolute atomic E-state index is 4.65. The van der Waals surface area contributed by atoms with Crippen LogP contribution in [0.2, 0.25) is 0 Å². The van der Waals surface area contributed by atoms with E-state index in [0.29, 0.717) is 11.8 Å². The van der Waals surface area contributed by atoms with E-state index >= 15 is 0 Å². The summed E-state index contributed by atoms with van der Waals surface area (Å²) >= 11 is 1.67. The molecule has 0 aromatic heterocycles. The van der Waals surface area contributed by atoms with Crippen molar-refractivity contribution < 1.29 is 0 Å². The standard InChI is InChI=1S/C13H25NS/c1-7-8-9-12(11(2)3)13(4,5)14-10-15-6/h7-8,10-12H,9H2,1-6H3/b8-7-,14-10?. The molecule has 1 unspecified atom stereocenters. The maximum atomic E-state index is 4.65. The van der Waals surface area contributed by atoms with Crippen molar-refractivity contribution in [2.75, 3.05) is 6.26 Å². The molecule has 0 aromatic carbocycles. The summed E-state index contributed by atoms with van der Waals surface area (Å²) in [4.78, 5) is 4.65. The largest absolute Gasteiger partial charge is 0.280 e. The lowest BCUT2D eigenvalue weighted by atomic mass is 9.77. The highest BCUT2D eigenvalue weighted by Gasteiger charge is 2.29. The fourth-order valence-electron chi connectivity index (χ4n) is 1.94. The highest BCUT2D eigenvalue weighted by atomic mass is 32.2. The molecule has 0 saturated heterocycles. The van der Waals surface area contributed by atoms with Crippen LogP contribution >= 0.6 is 11.8 Å². The van der Waals surface area contributed by atoms with E-state index in [1.54, 1.807) is 11.8 Å². The summed E-state index contributed by atoms with van der Waals surface area (Å²) in [6.07, 6.45) is 7.55. The van der Waals surface area contributed by atoms with Crippen LogP contribution in [-0.2, 0) is 0 Å². The Morgan fingerprint density at radius 3 is 2.33 bits per heavy atom. The van der Waals surface area contributed by atoms with Crippen LogP contribution in [0, 0.1) is 11.8 Å². The molecule has 0 N–H and O–H groups in total. The number of thioether (sulfide) groups is 1. The van der Waals surface area contributed by atoms with Crippen molar-refractivity contribution in [2.45, 2.75) is 46.6 Å². The molecule has 0 spiro atoms. The van der Waals surface area contributed by atoms with Crippen molar-refractivity contribution in [3.05, 3.63) is 12.2 Å². The van der Waals surface area contributed by atoms with Gasteiger partial charge in [0, 0.05) is 0 Å². The molecule has 0 rings (SSSR count). The van der Waals surface area contributed by atoms with Gasteiger partial charge in [-0.2, -0.15) is 0 Å². The first kappa shape index (κ1) is 14.8. The van der Waals surface area contributed by atoms with Gasteiger partial charge >= 0.3 is 0 Å². The second-order valence-electron chi connectivity index (χ2n) is 4.78. The molecule has 0 bridgehead atoms. The zero-order valence-corrected chi connectivity index (χ0v) is 11.8. The van der Waals surface area contributed by atoms with Crippen LogP contribution in [0.5, 0.6) is 0 Å². The Balaban J connectivity index is 4.64. The van der Waals surface area contributed by atoms with E-state index in [9.17, 15) is 0 Å². The number of allylic oxidation sites excluding steroid dienone is 2. The highest BCUT2D eigenvalue weighted by molar-refractivity contribution is 8.11. The molecule has 0 aliphatic heterocycles. The van der Waals surface area contributed by atoms with Crippen molar-refractivity contribution in [1.82, 2.24) is 0 Å². The zero-order valence-electron chi connectivity index (χ0n) is 10.9. The molecular weight excluding hydrogens is 202 g/mol. The van der Waals surface area contributed by atoms with Crippen LogP contribution in [0.1, 0.15) is 41.0 Å². The Kier molecular flexibility index (Phi) is 6.99. The minimum Gasteiger partial charge on any atom is -0.280 e. The number of hydrogen-bond acceptors (Lipinski definition) is 2. The molecule has 0 heterocycles. The Morgan fingerprint density at radius 1 is 1.33 bits per heavy atom. The molecule has 88 valence electrons. The first-order valence-corrected chi connectivity index (χ1v) is 6.92. The summed E-state index contributed by atoms with van der Waals surface area (Å²) in [5, 5.41) is 0. The predicted octanol–water partition coefficient (Wildman–Crippen LogP) is 4.39. The predicted molar refractivity (Wildman–Crippen MR) is 73.8 cm³/mol. The number of aliphatic imine (C=N–C) groups is 1. The van der Waals surface area contributed by atoms with Crippen molar-refractivity contribution in [2.24, 2.45) is 16.8 Å². The lowest BCUT2D eigenvalue weighted by Gasteiger charge is -2.33. The molecule has 0 aliphatic rings. The van der Waals surface area contributed by atoms with E-state index in [0.717, 1.165) is 6.42 Å². The molecule has 0 fully saturated rings. The van der Waals surface area contributed by atoms with Crippen molar-refractivity contribution >= 4 is 17.3 Å². The summed E-state index contributed by atoms with van der Waals surface area (Å²) in [6, 6.07) is 0. The lowest BCUT2D eigenvalue weighted by molar-refractivity contribution is 0.249. The van der Waals surface area contributed by atoms with Gasteiger partial charge in [0.25, 0.3) is 0 Å². The summed E-state index contributed by atoms with van der Waals surface area (Å²) < 4.78 is 0. The van der Waals surface area contributed by atoms with Gasteiger partial charge in [-0.15, -0.1) is 11.8 Å². The van der Waals surface area contributed by atoms with E-state index in [2.05, 4.69) is 58.0 Å². The molecule has 0 saturated carbocycles. The van der Waals surface area contributed by atoms with Crippen LogP contribution in [0.25, 0.3) is 0 Å². The molecular formula is C13H25NS. The summed E-state index contributed by atoms with van der Waals surface area (Å²) in [5.74, 6) is 1.27. The molecule has 0 aliphatic carbocycles. The van der Waals surface area contributed by atoms with Gasteiger partial charge in [-0.3, -0.25) is 4.99 Å². The Labute approximate surface area is 99.4 Å². The minimum atomic E-state index is 0.0384. The van der Waals surface area contributed by atoms with Gasteiger partial charge in [-0.1, -0.05) is 26.0 Å². The van der Waals surface area contributed by atoms with Gasteiger partial charge in [-0.05, 0) is 45.3 Å². The van der Waals surface area contributed by atoms with E-state index < -0.39 is 0 Å². The van der Waals surface area contributed by atoms with Crippen LogP contribution in [-0.4, -0.2) is 17.3 Å². The Morgan fingerprint density at radius 2 is 1.93 bits per heavy atom. The number of nitrogens with zero attached hydrogens (tertiary/aromatic N) is 1. The average Bonchev–Trinajstić information content (AvgIpc) is 2.14. The lowest BCUT2D eigenvalue weighted by Crippen LogP contribution is -2.32. The molecule has 1 atom stereocenters. The van der Waals surface area contributed by atoms with Crippen molar-refractivity contribution in [3.8, 4) is 0 Å². The highest BCUT2D eigenvalue weighted by Crippen LogP contribution is 2.31. The molecule has 0 aromatic rings. The van der Waals surface area contributed by atoms with Crippen LogP contribution < -0.4 is 0 Å². The zero-order chi connectivity index (χ0) is 11.9. The SMILES string of the molecule is C/C=C\CC(C(C)C)C(C)(C)N=CSC. The number of rotatable bonds is 6. The third kappa shape index (κ3) is 5.41. The Hall–Kier alpha value is -0.240. The molecule has 15 heavy (non-hydrogen) atoms. The second-order valence-corrected chi connectivity index (χ2v) is 5.46. The van der Waals surface area contributed by atoms with Crippen molar-refractivity contribution in [3.63, 3.8) is 0 Å². The topological polar surface area (TPSA) is 12.4 Å². The monoisotopic (exact) mass is 227 g/mol. The van der Waals surface area contributed by atoms with Gasteiger partial charge in [-0.25, -0.2) is 0 Å². The van der Waals surface area contributed by atoms with Gasteiger partial charge in [0.15, 0.2) is 0 Å². The Bertz CT molecular complexity index is 217. The van der Waals surface area contributed by atoms with Crippen LogP contribution in [0.3, 0.4) is 0 Å². The smallest absolute Gasteiger partial charge is 0.0591 e. The molecule has 2 heteroatoms. The number of hydrogen-bond donors (Lipinski definition) is 0. The van der Waals surface area contributed by atoms with Gasteiger partial charge in [0.1, 0.15) is 0 Å². The van der Waals surface area contributed by atoms with Gasteiger partial charge < -0.3 is 0 Å². The van der Waals surface area contributed by atoms with Gasteiger partial charge in [0.2, 0.25) is 0 Å². The fourth-order valence-corrected chi connectivity index (χ4v) is 2.32. The minimum absolute atomic E-state index is 0.0384. The first-order chi connectivity index (χ1) is 6.95. The fraction of sp³-hybridized carbons (Fsp3) is 0.769. The normalized spacial score (nSPS) is 15.7. The third-order valence-electron chi connectivity index (χ3n) is 2.83. The quantitative estimate of drug-likeness (QED) is 0.372. The van der Waals surface area contributed by atoms with E-state index in [1.807, 2.05) is 5.55 Å². The van der Waals surface area contributed by atoms with Crippen molar-refractivity contribution in [1.29, 1.82) is 0 Å². The molecule has 0 radical (unpaired) electrons. The van der Waals surface area contributed by atoms with Crippen LogP contribution in [0.4, 0.5) is 0 Å². The maximum Gasteiger partial charge on any atom is 0.0591 e. The molecule has 1 nitrogen and oxygen atoms in total. The summed E-state index contributed by atoms with van der Waals surface area (Å²) in [5.41, 5.74) is 2.00. The summed E-state index contributed by atoms with van der Waals surface area (Å²) in [6.45, 7) is 11.1. The summed E-state index contributed by atoms with van der Waals surface area (Å²) in [7, 11) is 0. The molecule has 0 amide bonds. The van der Waals surface area contributed by atoms with E-state index in [-0.39, 0.29) is 5.54 Å². The second kappa shape index (κ2) is 7.10. The van der Waals surface area contributed by atoms with Gasteiger partial charge in [0.05, 0.1) is 11.1 Å². The van der Waals surface area contributed by atoms with E-state index in [1.165, 1.54) is 0 Å². The van der Waals surface area contributed by atoms with E-state index in [4.69, 9.17) is 0 Å². The average molecular weight is 227 g/mol.